The molecule has 3 heterocycles. The maximum Gasteiger partial charge on any atom is 0.273 e. The van der Waals surface area contributed by atoms with Crippen molar-refractivity contribution in [3.63, 3.8) is 0 Å². The minimum atomic E-state index is 0.273. The van der Waals surface area contributed by atoms with Crippen molar-refractivity contribution in [1.82, 2.24) is 15.2 Å². The molecule has 3 rings (SSSR count). The average Bonchev–Trinajstić information content (AvgIpc) is 3.10. The molecule has 1 saturated heterocycles. The lowest BCUT2D eigenvalue weighted by atomic mass is 10.1. The van der Waals surface area contributed by atoms with Gasteiger partial charge in [0.2, 0.25) is 5.13 Å². The summed E-state index contributed by atoms with van der Waals surface area (Å²) in [5, 5.41) is 13.4. The molecule has 0 bridgehead atoms. The standard InChI is InChI=1S/C13H18N4OS2/c1-9(2)11-15-16-12(20-11)17-6-3-10(4-7-17)18-13-14-5-8-19-13/h5,8-10H,3-4,6-7H2,1-2H3. The van der Waals surface area contributed by atoms with Crippen LogP contribution in [0, 0.1) is 0 Å². The lowest BCUT2D eigenvalue weighted by Crippen LogP contribution is -2.38. The van der Waals surface area contributed by atoms with E-state index in [1.165, 1.54) is 0 Å². The zero-order chi connectivity index (χ0) is 13.9. The summed E-state index contributed by atoms with van der Waals surface area (Å²) in [5.74, 6) is 0.451. The quantitative estimate of drug-likeness (QED) is 0.868. The molecule has 1 aliphatic heterocycles. The Hall–Kier alpha value is -1.21. The third-order valence-corrected chi connectivity index (χ3v) is 5.26. The van der Waals surface area contributed by atoms with Crippen LogP contribution in [0.1, 0.15) is 37.6 Å². The van der Waals surface area contributed by atoms with E-state index in [1.807, 2.05) is 5.38 Å². The summed E-state index contributed by atoms with van der Waals surface area (Å²) in [4.78, 5) is 6.48. The van der Waals surface area contributed by atoms with Crippen LogP contribution in [0.25, 0.3) is 0 Å². The molecule has 108 valence electrons. The number of aromatic nitrogens is 3. The Labute approximate surface area is 126 Å². The van der Waals surface area contributed by atoms with Crippen LogP contribution >= 0.6 is 22.7 Å². The molecule has 0 atom stereocenters. The summed E-state index contributed by atoms with van der Waals surface area (Å²) in [6.07, 6.45) is 4.07. The highest BCUT2D eigenvalue weighted by molar-refractivity contribution is 7.15. The molecule has 2 aromatic rings. The smallest absolute Gasteiger partial charge is 0.273 e. The van der Waals surface area contributed by atoms with Crippen molar-refractivity contribution in [1.29, 1.82) is 0 Å². The van der Waals surface area contributed by atoms with Crippen LogP contribution in [0.3, 0.4) is 0 Å². The number of hydrogen-bond acceptors (Lipinski definition) is 7. The minimum Gasteiger partial charge on any atom is -0.467 e. The molecule has 0 aliphatic carbocycles. The first-order valence-corrected chi connectivity index (χ1v) is 8.56. The second kappa shape index (κ2) is 6.05. The number of anilines is 1. The van der Waals surface area contributed by atoms with E-state index in [0.717, 1.165) is 41.3 Å². The molecule has 0 N–H and O–H groups in total. The Morgan fingerprint density at radius 2 is 2.10 bits per heavy atom. The normalized spacial score (nSPS) is 16.9. The molecule has 0 amide bonds. The highest BCUT2D eigenvalue weighted by Crippen LogP contribution is 2.28. The number of piperidine rings is 1. The van der Waals surface area contributed by atoms with Crippen molar-refractivity contribution < 1.29 is 4.74 Å². The van der Waals surface area contributed by atoms with Crippen molar-refractivity contribution >= 4 is 27.8 Å². The molecule has 0 spiro atoms. The first kappa shape index (κ1) is 13.8. The van der Waals surface area contributed by atoms with E-state index < -0.39 is 0 Å². The van der Waals surface area contributed by atoms with Gasteiger partial charge in [0.25, 0.3) is 5.19 Å². The number of hydrogen-bond donors (Lipinski definition) is 0. The second-order valence-corrected chi connectivity index (χ2v) is 7.02. The molecule has 0 radical (unpaired) electrons. The predicted octanol–water partition coefficient (Wildman–Crippen LogP) is 3.17. The molecular formula is C13H18N4OS2. The highest BCUT2D eigenvalue weighted by atomic mass is 32.1. The number of thiazole rings is 1. The molecule has 5 nitrogen and oxygen atoms in total. The summed E-state index contributed by atoms with van der Waals surface area (Å²) >= 11 is 3.26. The van der Waals surface area contributed by atoms with Gasteiger partial charge in [-0.05, 0) is 0 Å². The molecule has 0 aromatic carbocycles. The van der Waals surface area contributed by atoms with Gasteiger partial charge < -0.3 is 9.64 Å². The van der Waals surface area contributed by atoms with Gasteiger partial charge in [-0.25, -0.2) is 4.98 Å². The zero-order valence-corrected chi connectivity index (χ0v) is 13.3. The van der Waals surface area contributed by atoms with Crippen LogP contribution in [0.2, 0.25) is 0 Å². The van der Waals surface area contributed by atoms with Crippen LogP contribution < -0.4 is 9.64 Å². The van der Waals surface area contributed by atoms with Crippen LogP contribution in [0.4, 0.5) is 5.13 Å². The largest absolute Gasteiger partial charge is 0.467 e. The summed E-state index contributed by atoms with van der Waals surface area (Å²) in [6.45, 7) is 6.25. The maximum absolute atomic E-state index is 5.87. The Bertz CT molecular complexity index is 532. The molecular weight excluding hydrogens is 292 g/mol. The minimum absolute atomic E-state index is 0.273. The lowest BCUT2D eigenvalue weighted by molar-refractivity contribution is 0.170. The van der Waals surface area contributed by atoms with Gasteiger partial charge in [-0.2, -0.15) is 0 Å². The molecule has 7 heteroatoms. The van der Waals surface area contributed by atoms with Crippen LogP contribution in [-0.2, 0) is 0 Å². The van der Waals surface area contributed by atoms with E-state index >= 15 is 0 Å². The molecule has 1 aliphatic rings. The van der Waals surface area contributed by atoms with Crippen molar-refractivity contribution in [2.24, 2.45) is 0 Å². The van der Waals surface area contributed by atoms with Gasteiger partial charge in [-0.15, -0.1) is 10.2 Å². The van der Waals surface area contributed by atoms with Crippen molar-refractivity contribution in [3.05, 3.63) is 16.6 Å². The highest BCUT2D eigenvalue weighted by Gasteiger charge is 2.23. The van der Waals surface area contributed by atoms with Crippen LogP contribution in [0.5, 0.6) is 5.19 Å². The third-order valence-electron chi connectivity index (χ3n) is 3.31. The summed E-state index contributed by atoms with van der Waals surface area (Å²) in [6, 6.07) is 0. The second-order valence-electron chi connectivity index (χ2n) is 5.18. The van der Waals surface area contributed by atoms with Gasteiger partial charge in [0.15, 0.2) is 0 Å². The number of nitrogens with zero attached hydrogens (tertiary/aromatic N) is 4. The van der Waals surface area contributed by atoms with Gasteiger partial charge in [-0.1, -0.05) is 36.5 Å². The fourth-order valence-corrected chi connectivity index (χ4v) is 3.61. The van der Waals surface area contributed by atoms with Gasteiger partial charge in [0.05, 0.1) is 0 Å². The first-order valence-electron chi connectivity index (χ1n) is 6.87. The predicted molar refractivity (Wildman–Crippen MR) is 82.0 cm³/mol. The summed E-state index contributed by atoms with van der Waals surface area (Å²) < 4.78 is 5.87. The molecule has 20 heavy (non-hydrogen) atoms. The fourth-order valence-electron chi connectivity index (χ4n) is 2.16. The number of rotatable bonds is 4. The van der Waals surface area contributed by atoms with E-state index in [2.05, 4.69) is 33.9 Å². The molecule has 2 aromatic heterocycles. The van der Waals surface area contributed by atoms with Crippen LogP contribution in [0.15, 0.2) is 11.6 Å². The first-order chi connectivity index (χ1) is 9.72. The van der Waals surface area contributed by atoms with Gasteiger partial charge >= 0.3 is 0 Å². The van der Waals surface area contributed by atoms with E-state index in [-0.39, 0.29) is 6.10 Å². The van der Waals surface area contributed by atoms with Crippen molar-refractivity contribution in [3.8, 4) is 5.19 Å². The summed E-state index contributed by atoms with van der Waals surface area (Å²) in [5.41, 5.74) is 0. The average molecular weight is 310 g/mol. The van der Waals surface area contributed by atoms with E-state index in [9.17, 15) is 0 Å². The van der Waals surface area contributed by atoms with Crippen molar-refractivity contribution in [2.45, 2.75) is 38.7 Å². The van der Waals surface area contributed by atoms with Gasteiger partial charge in [0, 0.05) is 43.4 Å². The Morgan fingerprint density at radius 3 is 2.70 bits per heavy atom. The Balaban J connectivity index is 1.55. The maximum atomic E-state index is 5.87. The number of ether oxygens (including phenoxy) is 1. The SMILES string of the molecule is CC(C)c1nnc(N2CCC(Oc3nccs3)CC2)s1. The molecule has 0 unspecified atom stereocenters. The van der Waals surface area contributed by atoms with Crippen molar-refractivity contribution in [2.75, 3.05) is 18.0 Å². The van der Waals surface area contributed by atoms with Gasteiger partial charge in [-0.3, -0.25) is 0 Å². The van der Waals surface area contributed by atoms with E-state index in [4.69, 9.17) is 4.74 Å². The fraction of sp³-hybridized carbons (Fsp3) is 0.615. The Kier molecular flexibility index (Phi) is 4.16. The Morgan fingerprint density at radius 1 is 1.30 bits per heavy atom. The van der Waals surface area contributed by atoms with Crippen LogP contribution in [-0.4, -0.2) is 34.4 Å². The van der Waals surface area contributed by atoms with Gasteiger partial charge in [0.1, 0.15) is 11.1 Å². The third kappa shape index (κ3) is 3.09. The lowest BCUT2D eigenvalue weighted by Gasteiger charge is -2.30. The molecule has 0 saturated carbocycles. The van der Waals surface area contributed by atoms with E-state index in [0.29, 0.717) is 5.92 Å². The monoisotopic (exact) mass is 310 g/mol. The van der Waals surface area contributed by atoms with E-state index in [1.54, 1.807) is 28.9 Å². The zero-order valence-electron chi connectivity index (χ0n) is 11.7. The topological polar surface area (TPSA) is 51.1 Å². The molecule has 1 fully saturated rings. The summed E-state index contributed by atoms with van der Waals surface area (Å²) in [7, 11) is 0.